The lowest BCUT2D eigenvalue weighted by Crippen LogP contribution is -2.25. The third-order valence-electron chi connectivity index (χ3n) is 3.96. The third kappa shape index (κ3) is 3.70. The van der Waals surface area contributed by atoms with Gasteiger partial charge in [-0.1, -0.05) is 12.1 Å². The molecule has 7 nitrogen and oxygen atoms in total. The van der Waals surface area contributed by atoms with Crippen molar-refractivity contribution < 1.29 is 19.4 Å². The van der Waals surface area contributed by atoms with Gasteiger partial charge < -0.3 is 14.7 Å². The van der Waals surface area contributed by atoms with Crippen molar-refractivity contribution in [2.24, 2.45) is 7.05 Å². The Hall–Kier alpha value is -2.87. The normalized spacial score (nSPS) is 10.9. The summed E-state index contributed by atoms with van der Waals surface area (Å²) in [5.41, 5.74) is 1.85. The number of benzene rings is 1. The molecule has 0 atom stereocenters. The Labute approximate surface area is 154 Å². The van der Waals surface area contributed by atoms with Crippen LogP contribution in [0.3, 0.4) is 0 Å². The molecule has 8 heteroatoms. The summed E-state index contributed by atoms with van der Waals surface area (Å²) in [6, 6.07) is 8.93. The maximum atomic E-state index is 12.7. The molecular weight excluding hydrogens is 354 g/mol. The molecule has 2 aromatic heterocycles. The Morgan fingerprint density at radius 1 is 1.31 bits per heavy atom. The number of nitrogens with zero attached hydrogens (tertiary/aromatic N) is 3. The van der Waals surface area contributed by atoms with Crippen molar-refractivity contribution in [1.29, 1.82) is 0 Å². The van der Waals surface area contributed by atoms with Crippen molar-refractivity contribution >= 4 is 33.4 Å². The number of thiophene rings is 1. The van der Waals surface area contributed by atoms with Crippen LogP contribution in [0, 0.1) is 6.92 Å². The van der Waals surface area contributed by atoms with Crippen LogP contribution in [-0.2, 0) is 18.4 Å². The fraction of sp³-hybridized carbons (Fsp3) is 0.278. The van der Waals surface area contributed by atoms with Crippen molar-refractivity contribution in [2.75, 3.05) is 13.7 Å². The molecule has 26 heavy (non-hydrogen) atoms. The summed E-state index contributed by atoms with van der Waals surface area (Å²) in [6.45, 7) is 2.00. The second kappa shape index (κ2) is 7.17. The maximum absolute atomic E-state index is 12.7. The first-order valence-electron chi connectivity index (χ1n) is 7.97. The predicted molar refractivity (Wildman–Crippen MR) is 98.7 cm³/mol. The monoisotopic (exact) mass is 373 g/mol. The largest absolute Gasteiger partial charge is 0.482 e. The molecule has 0 fully saturated rings. The van der Waals surface area contributed by atoms with Crippen molar-refractivity contribution in [1.82, 2.24) is 14.7 Å². The molecule has 1 aromatic carbocycles. The van der Waals surface area contributed by atoms with E-state index in [0.29, 0.717) is 17.2 Å². The van der Waals surface area contributed by atoms with Crippen molar-refractivity contribution in [3.63, 3.8) is 0 Å². The number of rotatable bonds is 6. The van der Waals surface area contributed by atoms with Crippen molar-refractivity contribution in [3.8, 4) is 5.75 Å². The van der Waals surface area contributed by atoms with Gasteiger partial charge in [0, 0.05) is 26.0 Å². The predicted octanol–water partition coefficient (Wildman–Crippen LogP) is 2.68. The molecule has 1 N–H and O–H groups in total. The molecule has 0 saturated heterocycles. The average molecular weight is 373 g/mol. The highest BCUT2D eigenvalue weighted by atomic mass is 32.1. The van der Waals surface area contributed by atoms with Gasteiger partial charge >= 0.3 is 5.97 Å². The maximum Gasteiger partial charge on any atom is 0.341 e. The smallest absolute Gasteiger partial charge is 0.341 e. The van der Waals surface area contributed by atoms with Crippen LogP contribution in [0.1, 0.15) is 20.9 Å². The van der Waals surface area contributed by atoms with Crippen molar-refractivity contribution in [2.45, 2.75) is 13.5 Å². The van der Waals surface area contributed by atoms with Gasteiger partial charge in [0.15, 0.2) is 6.61 Å². The number of fused-ring (bicyclic) bond motifs is 1. The molecule has 0 spiro atoms. The van der Waals surface area contributed by atoms with E-state index in [1.165, 1.54) is 11.3 Å². The van der Waals surface area contributed by atoms with E-state index in [-0.39, 0.29) is 12.5 Å². The van der Waals surface area contributed by atoms with E-state index in [9.17, 15) is 9.59 Å². The van der Waals surface area contributed by atoms with Gasteiger partial charge in [-0.2, -0.15) is 5.10 Å². The first kappa shape index (κ1) is 17.9. The Kier molecular flexibility index (Phi) is 4.94. The quantitative estimate of drug-likeness (QED) is 0.718. The fourth-order valence-corrected chi connectivity index (χ4v) is 3.80. The Balaban J connectivity index is 1.68. The van der Waals surface area contributed by atoms with Gasteiger partial charge in [-0.15, -0.1) is 11.3 Å². The minimum absolute atomic E-state index is 0.0446. The van der Waals surface area contributed by atoms with Crippen LogP contribution in [0.4, 0.5) is 0 Å². The molecule has 0 bridgehead atoms. The number of carbonyl (C=O) groups excluding carboxylic acids is 1. The molecule has 3 aromatic rings. The van der Waals surface area contributed by atoms with Gasteiger partial charge in [-0.25, -0.2) is 4.79 Å². The first-order chi connectivity index (χ1) is 12.3. The van der Waals surface area contributed by atoms with Crippen LogP contribution < -0.4 is 4.74 Å². The van der Waals surface area contributed by atoms with Crippen LogP contribution in [0.15, 0.2) is 30.3 Å². The first-order valence-corrected chi connectivity index (χ1v) is 8.79. The number of amides is 1. The minimum Gasteiger partial charge on any atom is -0.482 e. The third-order valence-corrected chi connectivity index (χ3v) is 5.15. The number of hydrogen-bond donors (Lipinski definition) is 1. The number of aromatic nitrogens is 2. The highest BCUT2D eigenvalue weighted by Gasteiger charge is 2.18. The Morgan fingerprint density at radius 2 is 2.00 bits per heavy atom. The number of carboxylic acids is 1. The Morgan fingerprint density at radius 3 is 2.62 bits per heavy atom. The number of carboxylic acid groups (broad SMARTS) is 1. The zero-order valence-corrected chi connectivity index (χ0v) is 15.5. The lowest BCUT2D eigenvalue weighted by atomic mass is 10.2. The van der Waals surface area contributed by atoms with E-state index < -0.39 is 5.97 Å². The highest BCUT2D eigenvalue weighted by molar-refractivity contribution is 7.20. The molecule has 2 heterocycles. The fourth-order valence-electron chi connectivity index (χ4n) is 2.68. The van der Waals surface area contributed by atoms with E-state index in [0.717, 1.165) is 21.5 Å². The molecule has 0 unspecified atom stereocenters. The van der Waals surface area contributed by atoms with Gasteiger partial charge in [0.05, 0.1) is 10.6 Å². The van der Waals surface area contributed by atoms with E-state index in [1.807, 2.05) is 32.2 Å². The molecule has 3 rings (SSSR count). The molecule has 1 amide bonds. The van der Waals surface area contributed by atoms with Crippen LogP contribution in [-0.4, -0.2) is 45.3 Å². The summed E-state index contributed by atoms with van der Waals surface area (Å²) in [5.74, 6) is -0.581. The number of aliphatic carboxylic acids is 1. The number of ether oxygens (including phenoxy) is 1. The summed E-state index contributed by atoms with van der Waals surface area (Å²) in [4.78, 5) is 26.5. The standard InChI is InChI=1S/C18H19N3O4S/c1-11-14-8-15(26-18(14)21(3)19-11)17(24)20(2)9-12-4-6-13(7-5-12)25-10-16(22)23/h4-8H,9-10H2,1-3H3,(H,22,23). The molecular formula is C18H19N3O4S. The zero-order chi connectivity index (χ0) is 18.8. The average Bonchev–Trinajstić information content (AvgIpc) is 3.15. The lowest BCUT2D eigenvalue weighted by molar-refractivity contribution is -0.139. The van der Waals surface area contributed by atoms with E-state index >= 15 is 0 Å². The summed E-state index contributed by atoms with van der Waals surface area (Å²) in [6.07, 6.45) is 0. The van der Waals surface area contributed by atoms with Gasteiger partial charge in [0.1, 0.15) is 10.6 Å². The van der Waals surface area contributed by atoms with E-state index in [2.05, 4.69) is 5.10 Å². The SMILES string of the molecule is Cc1nn(C)c2sc(C(=O)N(C)Cc3ccc(OCC(=O)O)cc3)cc12. The van der Waals surface area contributed by atoms with Gasteiger partial charge in [0.2, 0.25) is 0 Å². The van der Waals surface area contributed by atoms with Crippen molar-refractivity contribution in [3.05, 3.63) is 46.5 Å². The minimum atomic E-state index is -1.02. The zero-order valence-electron chi connectivity index (χ0n) is 14.7. The van der Waals surface area contributed by atoms with Crippen LogP contribution in [0.5, 0.6) is 5.75 Å². The summed E-state index contributed by atoms with van der Waals surface area (Å²) < 4.78 is 6.90. The molecule has 0 aliphatic rings. The highest BCUT2D eigenvalue weighted by Crippen LogP contribution is 2.28. The van der Waals surface area contributed by atoms with Gasteiger partial charge in [-0.05, 0) is 30.7 Å². The second-order valence-corrected chi connectivity index (χ2v) is 7.06. The number of aryl methyl sites for hydroxylation is 2. The molecule has 136 valence electrons. The van der Waals surface area contributed by atoms with E-state index in [1.54, 1.807) is 28.8 Å². The second-order valence-electron chi connectivity index (χ2n) is 6.03. The Bertz CT molecular complexity index is 924. The summed E-state index contributed by atoms with van der Waals surface area (Å²) >= 11 is 1.44. The lowest BCUT2D eigenvalue weighted by Gasteiger charge is -2.16. The van der Waals surface area contributed by atoms with Crippen LogP contribution in [0.2, 0.25) is 0 Å². The molecule has 0 radical (unpaired) electrons. The van der Waals surface area contributed by atoms with Gasteiger partial charge in [0.25, 0.3) is 5.91 Å². The molecule has 0 saturated carbocycles. The topological polar surface area (TPSA) is 84.7 Å². The molecule has 0 aliphatic carbocycles. The summed E-state index contributed by atoms with van der Waals surface area (Å²) in [5, 5.41) is 14.0. The van der Waals surface area contributed by atoms with Crippen LogP contribution >= 0.6 is 11.3 Å². The van der Waals surface area contributed by atoms with Gasteiger partial charge in [-0.3, -0.25) is 9.48 Å². The van der Waals surface area contributed by atoms with Crippen LogP contribution in [0.25, 0.3) is 10.2 Å². The summed E-state index contributed by atoms with van der Waals surface area (Å²) in [7, 11) is 3.63. The number of carbonyl (C=O) groups is 2. The number of hydrogen-bond acceptors (Lipinski definition) is 5. The molecule has 0 aliphatic heterocycles. The van der Waals surface area contributed by atoms with E-state index in [4.69, 9.17) is 9.84 Å².